The maximum absolute atomic E-state index is 12.4. The second-order valence-corrected chi connectivity index (χ2v) is 6.37. The number of para-hydroxylation sites is 1. The van der Waals surface area contributed by atoms with Crippen molar-refractivity contribution < 1.29 is 9.59 Å². The number of rotatable bonds is 5. The predicted octanol–water partition coefficient (Wildman–Crippen LogP) is 3.88. The van der Waals surface area contributed by atoms with Gasteiger partial charge in [0, 0.05) is 24.0 Å². The minimum absolute atomic E-state index is 0.196. The lowest BCUT2D eigenvalue weighted by atomic mass is 10.1. The molecule has 0 fully saturated rings. The summed E-state index contributed by atoms with van der Waals surface area (Å²) in [6.07, 6.45) is 1.47. The van der Waals surface area contributed by atoms with Gasteiger partial charge in [0.25, 0.3) is 11.8 Å². The molecule has 3 aromatic rings. The molecule has 0 aliphatic rings. The van der Waals surface area contributed by atoms with Crippen LogP contribution >= 0.6 is 0 Å². The van der Waals surface area contributed by atoms with Crippen molar-refractivity contribution in [3.8, 4) is 0 Å². The highest BCUT2D eigenvalue weighted by Crippen LogP contribution is 2.14. The Bertz CT molecular complexity index is 965. The minimum atomic E-state index is -0.350. The largest absolute Gasteiger partial charge is 0.348 e. The van der Waals surface area contributed by atoms with E-state index in [9.17, 15) is 9.59 Å². The number of aromatic nitrogens is 1. The van der Waals surface area contributed by atoms with E-state index in [0.717, 1.165) is 16.8 Å². The number of pyridine rings is 1. The number of aryl methyl sites for hydroxylation is 2. The number of hydrogen-bond donors (Lipinski definition) is 2. The van der Waals surface area contributed by atoms with Crippen molar-refractivity contribution in [1.29, 1.82) is 0 Å². The summed E-state index contributed by atoms with van der Waals surface area (Å²) in [5, 5.41) is 5.68. The zero-order valence-electron chi connectivity index (χ0n) is 15.3. The van der Waals surface area contributed by atoms with Crippen molar-refractivity contribution in [2.75, 3.05) is 5.32 Å². The predicted molar refractivity (Wildman–Crippen MR) is 106 cm³/mol. The van der Waals surface area contributed by atoms with Crippen molar-refractivity contribution in [3.63, 3.8) is 0 Å². The average Bonchev–Trinajstić information content (AvgIpc) is 2.69. The molecule has 1 aromatic heterocycles. The molecule has 0 unspecified atom stereocenters. The summed E-state index contributed by atoms with van der Waals surface area (Å²) in [7, 11) is 0. The van der Waals surface area contributed by atoms with Crippen molar-refractivity contribution in [2.45, 2.75) is 20.4 Å². The zero-order valence-corrected chi connectivity index (χ0v) is 15.3. The first-order valence-corrected chi connectivity index (χ1v) is 8.70. The van der Waals surface area contributed by atoms with Crippen molar-refractivity contribution >= 4 is 17.5 Å². The molecule has 1 heterocycles. The van der Waals surface area contributed by atoms with E-state index in [1.54, 1.807) is 6.07 Å². The van der Waals surface area contributed by atoms with Crippen molar-refractivity contribution in [3.05, 3.63) is 94.8 Å². The molecule has 0 aliphatic carbocycles. The molecule has 2 amide bonds. The Balaban J connectivity index is 1.67. The van der Waals surface area contributed by atoms with Crippen LogP contribution in [0.1, 0.15) is 37.5 Å². The molecule has 0 spiro atoms. The highest BCUT2D eigenvalue weighted by molar-refractivity contribution is 6.05. The summed E-state index contributed by atoms with van der Waals surface area (Å²) in [6.45, 7) is 4.35. The first-order chi connectivity index (χ1) is 13.0. The molecule has 2 N–H and O–H groups in total. The van der Waals surface area contributed by atoms with Crippen LogP contribution in [0.25, 0.3) is 0 Å². The molecule has 5 nitrogen and oxygen atoms in total. The fraction of sp³-hybridized carbons (Fsp3) is 0.136. The molecule has 0 saturated carbocycles. The van der Waals surface area contributed by atoms with E-state index in [4.69, 9.17) is 0 Å². The van der Waals surface area contributed by atoms with Crippen LogP contribution in [0.15, 0.2) is 66.9 Å². The van der Waals surface area contributed by atoms with Crippen LogP contribution in [0.4, 0.5) is 5.69 Å². The van der Waals surface area contributed by atoms with Gasteiger partial charge >= 0.3 is 0 Å². The van der Waals surface area contributed by atoms with Gasteiger partial charge in [0.2, 0.25) is 0 Å². The Morgan fingerprint density at radius 2 is 1.67 bits per heavy atom. The lowest BCUT2D eigenvalue weighted by molar-refractivity contribution is 0.0951. The molecule has 2 aromatic carbocycles. The van der Waals surface area contributed by atoms with Gasteiger partial charge < -0.3 is 10.6 Å². The minimum Gasteiger partial charge on any atom is -0.348 e. The fourth-order valence-corrected chi connectivity index (χ4v) is 2.59. The molecule has 0 aliphatic heterocycles. The normalized spacial score (nSPS) is 10.3. The molecule has 0 bridgehead atoms. The quantitative estimate of drug-likeness (QED) is 0.726. The smallest absolute Gasteiger partial charge is 0.274 e. The monoisotopic (exact) mass is 359 g/mol. The third-order valence-corrected chi connectivity index (χ3v) is 4.22. The van der Waals surface area contributed by atoms with Crippen LogP contribution in [-0.2, 0) is 6.54 Å². The van der Waals surface area contributed by atoms with Crippen LogP contribution in [0.5, 0.6) is 0 Å². The van der Waals surface area contributed by atoms with Crippen molar-refractivity contribution in [1.82, 2.24) is 10.3 Å². The van der Waals surface area contributed by atoms with Crippen LogP contribution < -0.4 is 10.6 Å². The van der Waals surface area contributed by atoms with E-state index in [-0.39, 0.29) is 17.5 Å². The number of nitrogens with zero attached hydrogens (tertiary/aromatic N) is 1. The molecule has 27 heavy (non-hydrogen) atoms. The second kappa shape index (κ2) is 8.27. The number of hydrogen-bond acceptors (Lipinski definition) is 3. The summed E-state index contributed by atoms with van der Waals surface area (Å²) in [6, 6.07) is 18.5. The molecule has 0 atom stereocenters. The Labute approximate surface area is 158 Å². The Hall–Kier alpha value is -3.47. The van der Waals surface area contributed by atoms with E-state index in [2.05, 4.69) is 15.6 Å². The van der Waals surface area contributed by atoms with Gasteiger partial charge in [0.1, 0.15) is 5.69 Å². The van der Waals surface area contributed by atoms with Gasteiger partial charge in [-0.3, -0.25) is 14.6 Å². The van der Waals surface area contributed by atoms with Crippen LogP contribution in [0.2, 0.25) is 0 Å². The van der Waals surface area contributed by atoms with Gasteiger partial charge in [-0.15, -0.1) is 0 Å². The average molecular weight is 359 g/mol. The summed E-state index contributed by atoms with van der Waals surface area (Å²) in [5.41, 5.74) is 4.45. The number of nitrogens with one attached hydrogen (secondary N) is 2. The highest BCUT2D eigenvalue weighted by Gasteiger charge is 2.13. The molecule has 0 radical (unpaired) electrons. The number of carbonyl (C=O) groups excluding carboxylic acids is 2. The highest BCUT2D eigenvalue weighted by atomic mass is 16.2. The fourth-order valence-electron chi connectivity index (χ4n) is 2.59. The summed E-state index contributed by atoms with van der Waals surface area (Å²) < 4.78 is 0. The van der Waals surface area contributed by atoms with E-state index in [1.807, 2.05) is 62.4 Å². The summed E-state index contributed by atoms with van der Waals surface area (Å²) >= 11 is 0. The zero-order chi connectivity index (χ0) is 19.2. The number of benzene rings is 2. The van der Waals surface area contributed by atoms with Gasteiger partial charge in [0.05, 0.1) is 0 Å². The third-order valence-electron chi connectivity index (χ3n) is 4.22. The third kappa shape index (κ3) is 4.79. The van der Waals surface area contributed by atoms with E-state index >= 15 is 0 Å². The number of amides is 2. The van der Waals surface area contributed by atoms with Gasteiger partial charge in [-0.1, -0.05) is 48.0 Å². The van der Waals surface area contributed by atoms with E-state index in [1.165, 1.54) is 17.8 Å². The second-order valence-electron chi connectivity index (χ2n) is 6.37. The summed E-state index contributed by atoms with van der Waals surface area (Å²) in [5.74, 6) is -0.597. The van der Waals surface area contributed by atoms with E-state index < -0.39 is 0 Å². The Morgan fingerprint density at radius 1 is 0.926 bits per heavy atom. The lowest BCUT2D eigenvalue weighted by Crippen LogP contribution is -2.23. The molecular formula is C22H21N3O2. The van der Waals surface area contributed by atoms with Crippen LogP contribution in [0.3, 0.4) is 0 Å². The lowest BCUT2D eigenvalue weighted by Gasteiger charge is -2.09. The first kappa shape index (κ1) is 18.3. The maximum atomic E-state index is 12.4. The van der Waals surface area contributed by atoms with Gasteiger partial charge in [-0.2, -0.15) is 0 Å². The molecule has 136 valence electrons. The number of carbonyl (C=O) groups is 2. The standard InChI is InChI=1S/C22H21N3O2/c1-15-7-9-17(10-8-15)14-24-21(26)18-11-12-23-20(13-18)22(27)25-19-6-4-3-5-16(19)2/h3-13H,14H2,1-2H3,(H,24,26)(H,25,27). The summed E-state index contributed by atoms with van der Waals surface area (Å²) in [4.78, 5) is 28.9. The van der Waals surface area contributed by atoms with Gasteiger partial charge in [-0.05, 0) is 43.2 Å². The Morgan fingerprint density at radius 3 is 2.41 bits per heavy atom. The molecular weight excluding hydrogens is 338 g/mol. The Kier molecular flexibility index (Phi) is 5.61. The van der Waals surface area contributed by atoms with Gasteiger partial charge in [-0.25, -0.2) is 0 Å². The SMILES string of the molecule is Cc1ccc(CNC(=O)c2ccnc(C(=O)Nc3ccccc3C)c2)cc1. The maximum Gasteiger partial charge on any atom is 0.274 e. The molecule has 5 heteroatoms. The number of anilines is 1. The topological polar surface area (TPSA) is 71.1 Å². The molecule has 3 rings (SSSR count). The van der Waals surface area contributed by atoms with Crippen LogP contribution in [0, 0.1) is 13.8 Å². The van der Waals surface area contributed by atoms with E-state index in [0.29, 0.717) is 12.1 Å². The van der Waals surface area contributed by atoms with Gasteiger partial charge in [0.15, 0.2) is 0 Å². The van der Waals surface area contributed by atoms with Crippen LogP contribution in [-0.4, -0.2) is 16.8 Å². The molecule has 0 saturated heterocycles. The first-order valence-electron chi connectivity index (χ1n) is 8.70. The van der Waals surface area contributed by atoms with Crippen molar-refractivity contribution in [2.24, 2.45) is 0 Å².